The minimum absolute atomic E-state index is 0.198. The summed E-state index contributed by atoms with van der Waals surface area (Å²) in [7, 11) is 0. The molecule has 0 saturated carbocycles. The first-order chi connectivity index (χ1) is 16.0. The van der Waals surface area contributed by atoms with Crippen molar-refractivity contribution in [1.29, 1.82) is 0 Å². The van der Waals surface area contributed by atoms with Gasteiger partial charge in [-0.25, -0.2) is 4.79 Å². The number of nitrogens with one attached hydrogen (secondary N) is 1. The average Bonchev–Trinajstić information content (AvgIpc) is 3.32. The molecule has 4 nitrogen and oxygen atoms in total. The second kappa shape index (κ2) is 9.22. The van der Waals surface area contributed by atoms with Gasteiger partial charge >= 0.3 is 5.97 Å². The van der Waals surface area contributed by atoms with Gasteiger partial charge in [-0.1, -0.05) is 47.5 Å². The number of carboxylic acid groups (broad SMARTS) is 1. The molecule has 0 radical (unpaired) electrons. The minimum Gasteiger partial charge on any atom is -0.489 e. The van der Waals surface area contributed by atoms with Gasteiger partial charge in [0.05, 0.1) is 5.56 Å². The summed E-state index contributed by atoms with van der Waals surface area (Å²) in [6.07, 6.45) is 2.69. The van der Waals surface area contributed by atoms with Gasteiger partial charge in [0.15, 0.2) is 0 Å². The minimum atomic E-state index is -0.919. The molecule has 0 spiro atoms. The Morgan fingerprint density at radius 1 is 0.970 bits per heavy atom. The van der Waals surface area contributed by atoms with Gasteiger partial charge < -0.3 is 15.2 Å². The summed E-state index contributed by atoms with van der Waals surface area (Å²) in [5.74, 6) is -0.0749. The second-order valence-corrected chi connectivity index (χ2v) is 9.26. The monoisotopic (exact) mass is 479 g/mol. The summed E-state index contributed by atoms with van der Waals surface area (Å²) in [6, 6.07) is 19.1. The van der Waals surface area contributed by atoms with Crippen LogP contribution in [0.4, 0.5) is 0 Å². The summed E-state index contributed by atoms with van der Waals surface area (Å²) in [5, 5.41) is 14.0. The summed E-state index contributed by atoms with van der Waals surface area (Å²) >= 11 is 12.8. The van der Waals surface area contributed by atoms with Gasteiger partial charge in [-0.15, -0.1) is 0 Å². The molecule has 1 saturated heterocycles. The van der Waals surface area contributed by atoms with Crippen molar-refractivity contribution in [3.8, 4) is 5.75 Å². The molecule has 1 atom stereocenters. The van der Waals surface area contributed by atoms with Crippen molar-refractivity contribution in [1.82, 2.24) is 5.32 Å². The largest absolute Gasteiger partial charge is 0.489 e. The van der Waals surface area contributed by atoms with E-state index in [4.69, 9.17) is 27.9 Å². The lowest BCUT2D eigenvalue weighted by Crippen LogP contribution is -2.19. The zero-order valence-corrected chi connectivity index (χ0v) is 19.4. The van der Waals surface area contributed by atoms with Crippen molar-refractivity contribution in [3.63, 3.8) is 0 Å². The molecule has 6 heteroatoms. The molecule has 2 aliphatic rings. The normalized spacial score (nSPS) is 17.7. The van der Waals surface area contributed by atoms with Gasteiger partial charge in [0.25, 0.3) is 0 Å². The number of hydrogen-bond donors (Lipinski definition) is 2. The molecule has 2 N–H and O–H groups in total. The van der Waals surface area contributed by atoms with E-state index in [0.717, 1.165) is 71.5 Å². The number of aromatic carboxylic acids is 1. The third-order valence-corrected chi connectivity index (χ3v) is 6.83. The predicted octanol–water partition coefficient (Wildman–Crippen LogP) is 6.34. The van der Waals surface area contributed by atoms with Crippen molar-refractivity contribution in [2.24, 2.45) is 0 Å². The van der Waals surface area contributed by atoms with E-state index in [9.17, 15) is 9.90 Å². The van der Waals surface area contributed by atoms with Crippen molar-refractivity contribution in [2.75, 3.05) is 13.1 Å². The molecule has 1 fully saturated rings. The number of rotatable bonds is 5. The van der Waals surface area contributed by atoms with E-state index in [0.29, 0.717) is 15.6 Å². The Balaban J connectivity index is 1.61. The summed E-state index contributed by atoms with van der Waals surface area (Å²) < 4.78 is 6.09. The van der Waals surface area contributed by atoms with Crippen LogP contribution in [0.5, 0.6) is 5.75 Å². The van der Waals surface area contributed by atoms with Crippen LogP contribution in [0.1, 0.15) is 45.5 Å². The first-order valence-electron chi connectivity index (χ1n) is 11.0. The highest BCUT2D eigenvalue weighted by molar-refractivity contribution is 6.36. The van der Waals surface area contributed by atoms with Crippen LogP contribution in [0, 0.1) is 0 Å². The molecule has 0 bridgehead atoms. The maximum absolute atomic E-state index is 11.5. The molecule has 5 rings (SSSR count). The first-order valence-corrected chi connectivity index (χ1v) is 11.8. The van der Waals surface area contributed by atoms with Gasteiger partial charge in [0.2, 0.25) is 0 Å². The smallest absolute Gasteiger partial charge is 0.335 e. The Morgan fingerprint density at radius 3 is 2.45 bits per heavy atom. The zero-order valence-electron chi connectivity index (χ0n) is 17.9. The highest BCUT2D eigenvalue weighted by Gasteiger charge is 2.24. The van der Waals surface area contributed by atoms with Gasteiger partial charge in [-0.2, -0.15) is 0 Å². The van der Waals surface area contributed by atoms with Crippen LogP contribution in [0.2, 0.25) is 10.0 Å². The Kier molecular flexibility index (Phi) is 6.15. The Hall–Kier alpha value is -2.79. The van der Waals surface area contributed by atoms with Gasteiger partial charge in [-0.3, -0.25) is 0 Å². The van der Waals surface area contributed by atoms with Gasteiger partial charge in [0, 0.05) is 16.6 Å². The third-order valence-electron chi connectivity index (χ3n) is 6.28. The molecule has 1 aliphatic carbocycles. The highest BCUT2D eigenvalue weighted by atomic mass is 35.5. The molecule has 168 valence electrons. The number of carbonyl (C=O) groups is 1. The number of fused-ring (bicyclic) bond motifs is 1. The van der Waals surface area contributed by atoms with E-state index in [2.05, 4.69) is 17.4 Å². The molecule has 0 aromatic heterocycles. The molecule has 0 amide bonds. The van der Waals surface area contributed by atoms with E-state index in [1.807, 2.05) is 30.3 Å². The Morgan fingerprint density at radius 2 is 1.76 bits per heavy atom. The third kappa shape index (κ3) is 4.51. The lowest BCUT2D eigenvalue weighted by Gasteiger charge is -2.25. The van der Waals surface area contributed by atoms with Crippen molar-refractivity contribution in [3.05, 3.63) is 98.5 Å². The van der Waals surface area contributed by atoms with Crippen molar-refractivity contribution < 1.29 is 14.6 Å². The zero-order chi connectivity index (χ0) is 22.9. The van der Waals surface area contributed by atoms with Crippen LogP contribution in [0.15, 0.2) is 60.7 Å². The van der Waals surface area contributed by atoms with E-state index >= 15 is 0 Å². The Bertz CT molecular complexity index is 1240. The summed E-state index contributed by atoms with van der Waals surface area (Å²) in [6.45, 7) is 1.85. The number of benzene rings is 3. The molecule has 0 unspecified atom stereocenters. The molecule has 1 aliphatic heterocycles. The van der Waals surface area contributed by atoms with Crippen LogP contribution >= 0.6 is 23.2 Å². The fraction of sp³-hybridized carbons (Fsp3) is 0.222. The quantitative estimate of drug-likeness (QED) is 0.448. The Labute approximate surface area is 202 Å². The van der Waals surface area contributed by atoms with Crippen molar-refractivity contribution in [2.45, 2.75) is 25.4 Å². The van der Waals surface area contributed by atoms with Crippen LogP contribution in [-0.2, 0) is 6.42 Å². The maximum Gasteiger partial charge on any atom is 0.335 e. The van der Waals surface area contributed by atoms with Crippen LogP contribution in [0.25, 0.3) is 11.1 Å². The highest BCUT2D eigenvalue weighted by Crippen LogP contribution is 2.43. The predicted molar refractivity (Wildman–Crippen MR) is 132 cm³/mol. The molecule has 3 aromatic rings. The van der Waals surface area contributed by atoms with Crippen LogP contribution in [0.3, 0.4) is 0 Å². The molecular weight excluding hydrogens is 457 g/mol. The van der Waals surface area contributed by atoms with E-state index < -0.39 is 5.97 Å². The standard InChI is InChI=1S/C27H23Cl2NO3/c28-19-5-10-23(25(29)14-19)24-9-3-17-13-18(27(31)32)4-8-22(17)26(24)16-1-6-20(7-2-16)33-21-11-12-30-15-21/h1-2,4-8,10,13-14,21,30H,3,9,11-12,15H2,(H,31,32)/t21-/m0/s1. The maximum atomic E-state index is 11.5. The molecular formula is C27H23Cl2NO3. The number of ether oxygens (including phenoxy) is 1. The number of halogens is 2. The van der Waals surface area contributed by atoms with E-state index in [1.165, 1.54) is 0 Å². The number of allylic oxidation sites excluding steroid dienone is 1. The topological polar surface area (TPSA) is 58.6 Å². The fourth-order valence-corrected chi connectivity index (χ4v) is 5.20. The number of aryl methyl sites for hydroxylation is 1. The molecule has 33 heavy (non-hydrogen) atoms. The van der Waals surface area contributed by atoms with Crippen LogP contribution < -0.4 is 10.1 Å². The first kappa shape index (κ1) is 22.0. The fourth-order valence-electron chi connectivity index (χ4n) is 4.68. The van der Waals surface area contributed by atoms with Gasteiger partial charge in [0.1, 0.15) is 11.9 Å². The average molecular weight is 480 g/mol. The lowest BCUT2D eigenvalue weighted by molar-refractivity contribution is 0.0696. The van der Waals surface area contributed by atoms with Crippen molar-refractivity contribution >= 4 is 40.3 Å². The lowest BCUT2D eigenvalue weighted by atomic mass is 9.79. The summed E-state index contributed by atoms with van der Waals surface area (Å²) in [5.41, 5.74) is 6.53. The molecule has 3 aromatic carbocycles. The van der Waals surface area contributed by atoms with Gasteiger partial charge in [-0.05, 0) is 95.6 Å². The molecule has 1 heterocycles. The number of hydrogen-bond acceptors (Lipinski definition) is 3. The van der Waals surface area contributed by atoms with E-state index in [-0.39, 0.29) is 6.10 Å². The summed E-state index contributed by atoms with van der Waals surface area (Å²) in [4.78, 5) is 11.5. The van der Waals surface area contributed by atoms with E-state index in [1.54, 1.807) is 18.2 Å². The second-order valence-electron chi connectivity index (χ2n) is 8.41. The SMILES string of the molecule is O=C(O)c1ccc2c(c1)CCC(c1ccc(Cl)cc1Cl)=C2c1ccc(O[C@H]2CCNC2)cc1. The number of carboxylic acids is 1. The van der Waals surface area contributed by atoms with Crippen LogP contribution in [-0.4, -0.2) is 30.3 Å².